The van der Waals surface area contributed by atoms with Crippen molar-refractivity contribution in [3.63, 3.8) is 0 Å². The summed E-state index contributed by atoms with van der Waals surface area (Å²) < 4.78 is 0. The van der Waals surface area contributed by atoms with Gasteiger partial charge in [-0.05, 0) is 50.1 Å². The van der Waals surface area contributed by atoms with E-state index in [2.05, 4.69) is 11.7 Å². The number of anilines is 2. The van der Waals surface area contributed by atoms with Gasteiger partial charge in [-0.2, -0.15) is 0 Å². The molecule has 0 unspecified atom stereocenters. The number of nitrogens with zero attached hydrogens (tertiary/aromatic N) is 2. The number of para-hydroxylation sites is 1. The number of thiophene rings is 1. The van der Waals surface area contributed by atoms with Crippen molar-refractivity contribution < 1.29 is 9.59 Å². The van der Waals surface area contributed by atoms with Crippen LogP contribution in [-0.4, -0.2) is 18.3 Å². The Morgan fingerprint density at radius 2 is 1.58 bits per heavy atom. The summed E-state index contributed by atoms with van der Waals surface area (Å²) in [6, 6.07) is 20.7. The average molecular weight is 425 g/mol. The highest BCUT2D eigenvalue weighted by molar-refractivity contribution is 7.17. The first-order valence-electron chi connectivity index (χ1n) is 9.79. The van der Waals surface area contributed by atoms with Gasteiger partial charge in [0.25, 0.3) is 0 Å². The van der Waals surface area contributed by atoms with E-state index in [1.165, 1.54) is 11.3 Å². The van der Waals surface area contributed by atoms with Gasteiger partial charge in [0.05, 0.1) is 5.57 Å². The SMILES string of the molecule is C=N/C(=C\C=C/C)N(c1ccccc1)c1ccc(C=C2C(=O)c3ccccc3C2=O)s1. The van der Waals surface area contributed by atoms with Crippen LogP contribution in [0.2, 0.25) is 0 Å². The monoisotopic (exact) mass is 424 g/mol. The molecule has 152 valence electrons. The Kier molecular flexibility index (Phi) is 5.87. The summed E-state index contributed by atoms with van der Waals surface area (Å²) >= 11 is 1.48. The number of fused-ring (bicyclic) bond motifs is 1. The second kappa shape index (κ2) is 8.90. The van der Waals surface area contributed by atoms with Crippen LogP contribution in [0, 0.1) is 0 Å². The molecule has 0 radical (unpaired) electrons. The van der Waals surface area contributed by atoms with Crippen LogP contribution >= 0.6 is 11.3 Å². The predicted octanol–water partition coefficient (Wildman–Crippen LogP) is 6.47. The van der Waals surface area contributed by atoms with E-state index >= 15 is 0 Å². The molecule has 2 aromatic carbocycles. The van der Waals surface area contributed by atoms with Crippen molar-refractivity contribution in [1.82, 2.24) is 0 Å². The zero-order chi connectivity index (χ0) is 21.8. The molecule has 0 amide bonds. The fraction of sp³-hybridized carbons (Fsp3) is 0.0385. The van der Waals surface area contributed by atoms with Crippen LogP contribution in [0.5, 0.6) is 0 Å². The molecule has 5 heteroatoms. The third-order valence-electron chi connectivity index (χ3n) is 4.87. The van der Waals surface area contributed by atoms with Crippen LogP contribution in [-0.2, 0) is 0 Å². The van der Waals surface area contributed by atoms with E-state index in [4.69, 9.17) is 0 Å². The standard InChI is InChI=1S/C26H20N2O2S/c1-3-4-14-23(27-2)28(18-10-6-5-7-11-18)24-16-15-19(31-24)17-22-25(29)20-12-8-9-13-21(20)26(22)30/h3-17H,2H2,1H3/b4-3-,23-14+. The molecule has 0 N–H and O–H groups in total. The van der Waals surface area contributed by atoms with Gasteiger partial charge in [-0.25, -0.2) is 4.99 Å². The predicted molar refractivity (Wildman–Crippen MR) is 128 cm³/mol. The fourth-order valence-electron chi connectivity index (χ4n) is 3.42. The van der Waals surface area contributed by atoms with Gasteiger partial charge in [0.2, 0.25) is 0 Å². The van der Waals surface area contributed by atoms with Crippen molar-refractivity contribution >= 4 is 46.4 Å². The number of benzene rings is 2. The highest BCUT2D eigenvalue weighted by Crippen LogP contribution is 2.37. The lowest BCUT2D eigenvalue weighted by Gasteiger charge is -2.23. The molecule has 1 heterocycles. The van der Waals surface area contributed by atoms with Crippen LogP contribution in [0.15, 0.2) is 101 Å². The number of hydrogen-bond acceptors (Lipinski definition) is 5. The minimum absolute atomic E-state index is 0.201. The van der Waals surface area contributed by atoms with Crippen LogP contribution in [0.1, 0.15) is 32.5 Å². The quantitative estimate of drug-likeness (QED) is 0.197. The first kappa shape index (κ1) is 20.4. The summed E-state index contributed by atoms with van der Waals surface area (Å²) in [4.78, 5) is 32.4. The van der Waals surface area contributed by atoms with Gasteiger partial charge in [0.15, 0.2) is 11.6 Å². The Hall–Kier alpha value is -3.83. The van der Waals surface area contributed by atoms with Gasteiger partial charge in [-0.3, -0.25) is 14.5 Å². The van der Waals surface area contributed by atoms with E-state index < -0.39 is 0 Å². The summed E-state index contributed by atoms with van der Waals surface area (Å²) in [5.74, 6) is 0.222. The molecule has 1 aliphatic carbocycles. The van der Waals surface area contributed by atoms with Crippen molar-refractivity contribution in [2.24, 2.45) is 4.99 Å². The van der Waals surface area contributed by atoms with E-state index in [0.29, 0.717) is 16.9 Å². The van der Waals surface area contributed by atoms with Crippen LogP contribution in [0.4, 0.5) is 10.7 Å². The van der Waals surface area contributed by atoms with Gasteiger partial charge >= 0.3 is 0 Å². The molecule has 0 saturated carbocycles. The first-order valence-corrected chi connectivity index (χ1v) is 10.6. The number of aliphatic imine (C=N–C) groups is 1. The normalized spacial score (nSPS) is 13.6. The molecule has 4 nitrogen and oxygen atoms in total. The van der Waals surface area contributed by atoms with Gasteiger partial charge in [-0.1, -0.05) is 54.6 Å². The van der Waals surface area contributed by atoms with E-state index in [1.54, 1.807) is 30.3 Å². The second-order valence-electron chi connectivity index (χ2n) is 6.82. The maximum absolute atomic E-state index is 12.7. The lowest BCUT2D eigenvalue weighted by atomic mass is 10.1. The number of allylic oxidation sites excluding steroid dienone is 4. The highest BCUT2D eigenvalue weighted by atomic mass is 32.1. The van der Waals surface area contributed by atoms with E-state index in [-0.39, 0.29) is 17.1 Å². The molecule has 1 aliphatic rings. The number of carbonyl (C=O) groups is 2. The number of carbonyl (C=O) groups excluding carboxylic acids is 2. The third-order valence-corrected chi connectivity index (χ3v) is 5.89. The van der Waals surface area contributed by atoms with E-state index in [9.17, 15) is 9.59 Å². The minimum atomic E-state index is -0.225. The Morgan fingerprint density at radius 3 is 2.19 bits per heavy atom. The molecule has 1 aromatic heterocycles. The van der Waals surface area contributed by atoms with Gasteiger partial charge in [-0.15, -0.1) is 11.3 Å². The smallest absolute Gasteiger partial charge is 0.197 e. The minimum Gasteiger partial charge on any atom is -0.288 e. The van der Waals surface area contributed by atoms with Gasteiger partial charge in [0.1, 0.15) is 10.8 Å². The summed E-state index contributed by atoms with van der Waals surface area (Å²) in [5.41, 5.74) is 2.07. The zero-order valence-electron chi connectivity index (χ0n) is 17.0. The molecule has 0 spiro atoms. The summed E-state index contributed by atoms with van der Waals surface area (Å²) in [6.07, 6.45) is 7.40. The van der Waals surface area contributed by atoms with Crippen molar-refractivity contribution in [2.45, 2.75) is 6.92 Å². The molecular formula is C26H20N2O2S. The topological polar surface area (TPSA) is 49.7 Å². The van der Waals surface area contributed by atoms with Crippen LogP contribution in [0.3, 0.4) is 0 Å². The molecule has 3 aromatic rings. The molecular weight excluding hydrogens is 404 g/mol. The van der Waals surface area contributed by atoms with Gasteiger partial charge < -0.3 is 0 Å². The van der Waals surface area contributed by atoms with Crippen LogP contribution < -0.4 is 4.90 Å². The Labute approximate surface area is 185 Å². The molecule has 0 saturated heterocycles. The molecule has 4 rings (SSSR count). The lowest BCUT2D eigenvalue weighted by molar-refractivity contribution is 0.0990. The van der Waals surface area contributed by atoms with Crippen molar-refractivity contribution in [1.29, 1.82) is 0 Å². The number of hydrogen-bond donors (Lipinski definition) is 0. The number of Topliss-reactive ketones (excluding diaryl/α,β-unsaturated/α-hetero) is 2. The Balaban J connectivity index is 1.74. The maximum atomic E-state index is 12.7. The third kappa shape index (κ3) is 3.96. The summed E-state index contributed by atoms with van der Waals surface area (Å²) in [5, 5.41) is 0.900. The van der Waals surface area contributed by atoms with Crippen molar-refractivity contribution in [2.75, 3.05) is 4.90 Å². The van der Waals surface area contributed by atoms with Gasteiger partial charge in [0, 0.05) is 21.7 Å². The maximum Gasteiger partial charge on any atom is 0.197 e. The number of ketones is 2. The zero-order valence-corrected chi connectivity index (χ0v) is 17.8. The largest absolute Gasteiger partial charge is 0.288 e. The Morgan fingerprint density at radius 1 is 0.935 bits per heavy atom. The second-order valence-corrected chi connectivity index (χ2v) is 7.91. The molecule has 0 fully saturated rings. The van der Waals surface area contributed by atoms with Crippen molar-refractivity contribution in [3.8, 4) is 0 Å². The average Bonchev–Trinajstić information content (AvgIpc) is 3.36. The summed E-state index contributed by atoms with van der Waals surface area (Å²) in [6.45, 7) is 5.67. The number of rotatable bonds is 6. The fourth-order valence-corrected chi connectivity index (χ4v) is 4.40. The summed E-state index contributed by atoms with van der Waals surface area (Å²) in [7, 11) is 0. The van der Waals surface area contributed by atoms with E-state index in [1.807, 2.05) is 72.5 Å². The Bertz CT molecular complexity index is 1210. The molecule has 31 heavy (non-hydrogen) atoms. The van der Waals surface area contributed by atoms with Crippen LogP contribution in [0.25, 0.3) is 6.08 Å². The molecule has 0 bridgehead atoms. The van der Waals surface area contributed by atoms with Crippen molar-refractivity contribution in [3.05, 3.63) is 112 Å². The van der Waals surface area contributed by atoms with E-state index in [0.717, 1.165) is 15.6 Å². The molecule has 0 atom stereocenters. The lowest BCUT2D eigenvalue weighted by Crippen LogP contribution is -2.13. The highest BCUT2D eigenvalue weighted by Gasteiger charge is 2.32. The first-order chi connectivity index (χ1) is 15.1. The molecule has 0 aliphatic heterocycles.